The summed E-state index contributed by atoms with van der Waals surface area (Å²) >= 11 is 1.77. The SMILES string of the molecule is [Pb][N]=[N][Pb]. The molecule has 0 aliphatic rings. The van der Waals surface area contributed by atoms with Crippen LogP contribution >= 0.6 is 0 Å². The average Bonchev–Trinajstić information content (AvgIpc) is 1.37. The van der Waals surface area contributed by atoms with Crippen LogP contribution in [0.2, 0.25) is 0 Å². The molecule has 0 atom stereocenters. The Morgan fingerprint density at radius 3 is 1.25 bits per heavy atom. The molecular formula is N2Pb2. The molecule has 0 aliphatic carbocycles. The van der Waals surface area contributed by atoms with Crippen LogP contribution in [0.1, 0.15) is 0 Å². The molecule has 6 radical (unpaired) electrons. The maximum absolute atomic E-state index is 3.56. The molecule has 0 rings (SSSR count). The van der Waals surface area contributed by atoms with Crippen molar-refractivity contribution in [1.82, 2.24) is 0 Å². The van der Waals surface area contributed by atoms with Gasteiger partial charge in [-0.15, -0.1) is 0 Å². The number of hydrogen-bond donors (Lipinski definition) is 0. The second kappa shape index (κ2) is 4.44. The van der Waals surface area contributed by atoms with Crippen molar-refractivity contribution >= 4 is 52.1 Å². The first kappa shape index (κ1) is 5.44. The Labute approximate surface area is 57.3 Å². The monoisotopic (exact) mass is 444 g/mol. The zero-order chi connectivity index (χ0) is 3.41. The number of nitrogens with zero attached hydrogens (tertiary/aromatic N) is 2. The summed E-state index contributed by atoms with van der Waals surface area (Å²) in [5, 5.41) is 0. The van der Waals surface area contributed by atoms with E-state index in [0.29, 0.717) is 0 Å². The van der Waals surface area contributed by atoms with Gasteiger partial charge in [0.25, 0.3) is 0 Å². The van der Waals surface area contributed by atoms with Crippen LogP contribution in [0, 0.1) is 0 Å². The molecule has 0 aromatic heterocycles. The quantitative estimate of drug-likeness (QED) is 0.361. The average molecular weight is 442 g/mol. The van der Waals surface area contributed by atoms with Gasteiger partial charge < -0.3 is 0 Å². The number of hydrogen-bond acceptors (Lipinski definition) is 2. The van der Waals surface area contributed by atoms with Gasteiger partial charge in [-0.3, -0.25) is 0 Å². The molecule has 0 aromatic rings. The van der Waals surface area contributed by atoms with Crippen LogP contribution in [0.25, 0.3) is 0 Å². The Bertz CT molecular complexity index is 19.2. The van der Waals surface area contributed by atoms with Gasteiger partial charge >= 0.3 is 58.0 Å². The first-order chi connectivity index (χ1) is 1.91. The van der Waals surface area contributed by atoms with Crippen molar-refractivity contribution in [1.29, 1.82) is 0 Å². The van der Waals surface area contributed by atoms with Gasteiger partial charge in [0.1, 0.15) is 0 Å². The van der Waals surface area contributed by atoms with Crippen molar-refractivity contribution in [2.75, 3.05) is 0 Å². The Morgan fingerprint density at radius 2 is 1.25 bits per heavy atom. The minimum absolute atomic E-state index is 0.883. The van der Waals surface area contributed by atoms with E-state index in [1.807, 2.05) is 0 Å². The summed E-state index contributed by atoms with van der Waals surface area (Å²) in [5.74, 6) is 0. The second-order valence-corrected chi connectivity index (χ2v) is 1.75. The van der Waals surface area contributed by atoms with Gasteiger partial charge in [0.15, 0.2) is 0 Å². The minimum atomic E-state index is 0.883. The fraction of sp³-hybridized carbons (Fsp3) is 0. The normalized spacial score (nSPS) is 9.50. The van der Waals surface area contributed by atoms with Crippen molar-refractivity contribution < 1.29 is 0 Å². The van der Waals surface area contributed by atoms with E-state index in [-0.39, 0.29) is 0 Å². The topological polar surface area (TPSA) is 24.7 Å². The van der Waals surface area contributed by atoms with Gasteiger partial charge in [0.2, 0.25) is 0 Å². The van der Waals surface area contributed by atoms with E-state index in [1.54, 1.807) is 0 Å². The zero-order valence-corrected chi connectivity index (χ0v) is 9.67. The molecule has 0 fully saturated rings. The van der Waals surface area contributed by atoms with E-state index in [1.165, 1.54) is 0 Å². The maximum atomic E-state index is 3.56. The van der Waals surface area contributed by atoms with Crippen LogP contribution in [0.3, 0.4) is 0 Å². The molecule has 2 nitrogen and oxygen atoms in total. The third-order valence-corrected chi connectivity index (χ3v) is 3.85. The summed E-state index contributed by atoms with van der Waals surface area (Å²) < 4.78 is 7.12. The second-order valence-electron chi connectivity index (χ2n) is 0.200. The van der Waals surface area contributed by atoms with Crippen LogP contribution in [0.5, 0.6) is 0 Å². The fourth-order valence-electron chi connectivity index (χ4n) is 0. The summed E-state index contributed by atoms with van der Waals surface area (Å²) in [6, 6.07) is 0. The summed E-state index contributed by atoms with van der Waals surface area (Å²) in [5.41, 5.74) is 0. The van der Waals surface area contributed by atoms with Crippen LogP contribution in [0.4, 0.5) is 0 Å². The molecule has 0 amide bonds. The van der Waals surface area contributed by atoms with E-state index >= 15 is 0 Å². The van der Waals surface area contributed by atoms with Crippen LogP contribution in [0.15, 0.2) is 5.85 Å². The first-order valence-corrected chi connectivity index (χ1v) is 4.12. The Kier molecular flexibility index (Phi) is 6.05. The molecule has 0 aromatic carbocycles. The third-order valence-electron chi connectivity index (χ3n) is 0.0500. The summed E-state index contributed by atoms with van der Waals surface area (Å²) in [4.78, 5) is 0. The first-order valence-electron chi connectivity index (χ1n) is 0.647. The summed E-state index contributed by atoms with van der Waals surface area (Å²) in [6.07, 6.45) is 0. The van der Waals surface area contributed by atoms with Crippen LogP contribution in [-0.2, 0) is 0 Å². The molecule has 18 valence electrons. The molecule has 0 saturated heterocycles. The van der Waals surface area contributed by atoms with E-state index in [9.17, 15) is 0 Å². The number of rotatable bonds is 0. The van der Waals surface area contributed by atoms with E-state index in [0.717, 1.165) is 52.1 Å². The van der Waals surface area contributed by atoms with E-state index < -0.39 is 0 Å². The van der Waals surface area contributed by atoms with Crippen molar-refractivity contribution in [2.45, 2.75) is 0 Å². The van der Waals surface area contributed by atoms with E-state index in [4.69, 9.17) is 0 Å². The molecule has 0 bridgehead atoms. The Morgan fingerprint density at radius 1 is 1.00 bits per heavy atom. The molecule has 0 unspecified atom stereocenters. The van der Waals surface area contributed by atoms with Gasteiger partial charge in [-0.05, 0) is 0 Å². The standard InChI is InChI=1S/N2.2Pb/c1-2;;/q-2;2*+1. The van der Waals surface area contributed by atoms with Crippen LogP contribution < -0.4 is 0 Å². The predicted octanol–water partition coefficient (Wildman–Crippen LogP) is -0.394. The molecule has 0 N–H and O–H groups in total. The molecule has 0 heterocycles. The van der Waals surface area contributed by atoms with E-state index in [2.05, 4.69) is 5.85 Å². The molecule has 4 heavy (non-hydrogen) atoms. The molecule has 4 heteroatoms. The molecular weight excluding hydrogens is 442 g/mol. The van der Waals surface area contributed by atoms with Gasteiger partial charge in [0, 0.05) is 0 Å². The fourth-order valence-corrected chi connectivity index (χ4v) is 0. The zero-order valence-electron chi connectivity index (χ0n) is 1.89. The summed E-state index contributed by atoms with van der Waals surface area (Å²) in [6.45, 7) is 0. The molecule has 0 aliphatic heterocycles. The van der Waals surface area contributed by atoms with Crippen molar-refractivity contribution in [2.24, 2.45) is 5.85 Å². The van der Waals surface area contributed by atoms with Gasteiger partial charge in [-0.2, -0.15) is 0 Å². The summed E-state index contributed by atoms with van der Waals surface area (Å²) in [7, 11) is 0. The van der Waals surface area contributed by atoms with Crippen molar-refractivity contribution in [3.8, 4) is 0 Å². The molecule has 0 spiro atoms. The van der Waals surface area contributed by atoms with Crippen LogP contribution in [-0.4, -0.2) is 52.1 Å². The van der Waals surface area contributed by atoms with Crippen molar-refractivity contribution in [3.63, 3.8) is 0 Å². The van der Waals surface area contributed by atoms with Gasteiger partial charge in [-0.1, -0.05) is 0 Å². The predicted molar refractivity (Wildman–Crippen MR) is 16.4 cm³/mol. The van der Waals surface area contributed by atoms with Gasteiger partial charge in [0.05, 0.1) is 0 Å². The Balaban J connectivity index is 2.55. The molecule has 0 saturated carbocycles. The van der Waals surface area contributed by atoms with Gasteiger partial charge in [-0.25, -0.2) is 0 Å². The third kappa shape index (κ3) is 3.44. The van der Waals surface area contributed by atoms with Crippen molar-refractivity contribution in [3.05, 3.63) is 0 Å². The Hall–Kier alpha value is 1.44.